The van der Waals surface area contributed by atoms with Gasteiger partial charge in [0.1, 0.15) is 4.88 Å². The third-order valence-electron chi connectivity index (χ3n) is 6.35. The van der Waals surface area contributed by atoms with Crippen LogP contribution >= 0.6 is 11.3 Å². The van der Waals surface area contributed by atoms with Gasteiger partial charge in [-0.05, 0) is 79.2 Å². The highest BCUT2D eigenvalue weighted by molar-refractivity contribution is 7.13. The maximum Gasteiger partial charge on any atom is 0.283 e. The molecule has 0 aliphatic heterocycles. The van der Waals surface area contributed by atoms with Crippen molar-refractivity contribution >= 4 is 35.1 Å². The summed E-state index contributed by atoms with van der Waals surface area (Å²) in [6.45, 7) is 14.9. The van der Waals surface area contributed by atoms with Gasteiger partial charge >= 0.3 is 0 Å². The average Bonchev–Trinajstić information content (AvgIpc) is 3.26. The fraction of sp³-hybridized carbons (Fsp3) is 0.345. The zero-order valence-electron chi connectivity index (χ0n) is 22.4. The van der Waals surface area contributed by atoms with Crippen LogP contribution in [0.2, 0.25) is 0 Å². The van der Waals surface area contributed by atoms with Crippen molar-refractivity contribution in [3.05, 3.63) is 86.1 Å². The normalized spacial score (nSPS) is 11.3. The molecule has 0 unspecified atom stereocenters. The molecule has 0 fully saturated rings. The molecule has 1 aromatic heterocycles. The van der Waals surface area contributed by atoms with Crippen LogP contribution in [-0.2, 0) is 6.54 Å². The number of anilines is 1. The summed E-state index contributed by atoms with van der Waals surface area (Å²) >= 11 is 1.28. The van der Waals surface area contributed by atoms with Crippen molar-refractivity contribution in [2.75, 3.05) is 31.5 Å². The molecule has 0 aliphatic carbocycles. The molecule has 2 aromatic carbocycles. The van der Waals surface area contributed by atoms with Gasteiger partial charge < -0.3 is 15.5 Å². The number of benzene rings is 2. The van der Waals surface area contributed by atoms with Gasteiger partial charge in [-0.15, -0.1) is 11.3 Å². The molecule has 8 heteroatoms. The molecule has 3 rings (SSSR count). The zero-order valence-corrected chi connectivity index (χ0v) is 23.2. The summed E-state index contributed by atoms with van der Waals surface area (Å²) in [5.74, 6) is -0.612. The SMILES string of the molecule is CCN(CC)CCNCc1cccc(C(=O)Nc2c(C)csc2C(=O)N/N=C/c2ccc(C)c(C)c2)c1. The van der Waals surface area contributed by atoms with Crippen LogP contribution in [0.5, 0.6) is 0 Å². The molecular formula is C29H37N5O2S. The molecule has 1 heterocycles. The number of hydrogen-bond acceptors (Lipinski definition) is 6. The van der Waals surface area contributed by atoms with E-state index >= 15 is 0 Å². The molecule has 196 valence electrons. The predicted molar refractivity (Wildman–Crippen MR) is 154 cm³/mol. The van der Waals surface area contributed by atoms with E-state index in [1.165, 1.54) is 16.9 Å². The van der Waals surface area contributed by atoms with E-state index in [4.69, 9.17) is 0 Å². The number of thiophene rings is 1. The van der Waals surface area contributed by atoms with Crippen LogP contribution in [0.3, 0.4) is 0 Å². The van der Waals surface area contributed by atoms with Crippen molar-refractivity contribution in [3.8, 4) is 0 Å². The van der Waals surface area contributed by atoms with Gasteiger partial charge in [0.25, 0.3) is 11.8 Å². The first-order chi connectivity index (χ1) is 17.8. The molecule has 0 aliphatic rings. The van der Waals surface area contributed by atoms with Crippen LogP contribution in [0.25, 0.3) is 0 Å². The molecule has 3 aromatic rings. The maximum atomic E-state index is 13.1. The Bertz CT molecular complexity index is 1250. The van der Waals surface area contributed by atoms with E-state index in [1.807, 2.05) is 55.6 Å². The van der Waals surface area contributed by atoms with Crippen LogP contribution in [0.15, 0.2) is 52.9 Å². The number of amides is 2. The minimum atomic E-state index is -0.361. The van der Waals surface area contributed by atoms with Crippen LogP contribution in [0.4, 0.5) is 5.69 Å². The Morgan fingerprint density at radius 3 is 2.49 bits per heavy atom. The van der Waals surface area contributed by atoms with Crippen LogP contribution in [0, 0.1) is 20.8 Å². The molecule has 0 atom stereocenters. The van der Waals surface area contributed by atoms with Crippen LogP contribution < -0.4 is 16.1 Å². The Hall–Kier alpha value is -3.33. The first kappa shape index (κ1) is 28.2. The topological polar surface area (TPSA) is 85.8 Å². The first-order valence-corrected chi connectivity index (χ1v) is 13.5. The van der Waals surface area contributed by atoms with Gasteiger partial charge in [0.2, 0.25) is 0 Å². The number of hydrazone groups is 1. The molecule has 0 bridgehead atoms. The molecular weight excluding hydrogens is 482 g/mol. The number of rotatable bonds is 12. The monoisotopic (exact) mass is 519 g/mol. The van der Waals surface area contributed by atoms with Crippen molar-refractivity contribution in [2.45, 2.75) is 41.2 Å². The van der Waals surface area contributed by atoms with Gasteiger partial charge in [-0.3, -0.25) is 9.59 Å². The summed E-state index contributed by atoms with van der Waals surface area (Å²) in [5, 5.41) is 12.3. The van der Waals surface area contributed by atoms with Gasteiger partial charge in [0, 0.05) is 25.2 Å². The third-order valence-corrected chi connectivity index (χ3v) is 7.44. The second kappa shape index (κ2) is 13.8. The van der Waals surface area contributed by atoms with E-state index in [9.17, 15) is 9.59 Å². The lowest BCUT2D eigenvalue weighted by Gasteiger charge is -2.18. The second-order valence-corrected chi connectivity index (χ2v) is 9.90. The van der Waals surface area contributed by atoms with Gasteiger partial charge in [-0.2, -0.15) is 5.10 Å². The highest BCUT2D eigenvalue weighted by atomic mass is 32.1. The highest BCUT2D eigenvalue weighted by Crippen LogP contribution is 2.28. The van der Waals surface area contributed by atoms with E-state index in [0.717, 1.165) is 48.4 Å². The molecule has 0 spiro atoms. The molecule has 0 saturated carbocycles. The molecule has 2 amide bonds. The van der Waals surface area contributed by atoms with Gasteiger partial charge in [0.15, 0.2) is 0 Å². The zero-order chi connectivity index (χ0) is 26.8. The van der Waals surface area contributed by atoms with E-state index in [1.54, 1.807) is 12.3 Å². The molecule has 3 N–H and O–H groups in total. The first-order valence-electron chi connectivity index (χ1n) is 12.6. The summed E-state index contributed by atoms with van der Waals surface area (Å²) in [6.07, 6.45) is 1.62. The number of carbonyl (C=O) groups excluding carboxylic acids is 2. The minimum Gasteiger partial charge on any atom is -0.320 e. The molecule has 0 radical (unpaired) electrons. The molecule has 37 heavy (non-hydrogen) atoms. The van der Waals surface area contributed by atoms with E-state index in [2.05, 4.69) is 46.8 Å². The second-order valence-electron chi connectivity index (χ2n) is 9.02. The van der Waals surface area contributed by atoms with Crippen molar-refractivity contribution in [3.63, 3.8) is 0 Å². The largest absolute Gasteiger partial charge is 0.320 e. The fourth-order valence-corrected chi connectivity index (χ4v) is 4.74. The van der Waals surface area contributed by atoms with Crippen LogP contribution in [0.1, 0.15) is 61.7 Å². The number of aryl methyl sites for hydroxylation is 3. The Morgan fingerprint density at radius 1 is 0.973 bits per heavy atom. The predicted octanol–water partition coefficient (Wildman–Crippen LogP) is 5.12. The number of nitrogens with zero attached hydrogens (tertiary/aromatic N) is 2. The summed E-state index contributed by atoms with van der Waals surface area (Å²) in [7, 11) is 0. The van der Waals surface area contributed by atoms with Gasteiger partial charge in [0.05, 0.1) is 11.9 Å². The lowest BCUT2D eigenvalue weighted by molar-refractivity contribution is 0.0960. The smallest absolute Gasteiger partial charge is 0.283 e. The van der Waals surface area contributed by atoms with E-state index in [0.29, 0.717) is 22.7 Å². The average molecular weight is 520 g/mol. The maximum absolute atomic E-state index is 13.1. The minimum absolute atomic E-state index is 0.251. The number of nitrogens with one attached hydrogen (secondary N) is 3. The van der Waals surface area contributed by atoms with Crippen molar-refractivity contribution < 1.29 is 9.59 Å². The van der Waals surface area contributed by atoms with Gasteiger partial charge in [-0.1, -0.05) is 44.2 Å². The Morgan fingerprint density at radius 2 is 1.76 bits per heavy atom. The van der Waals surface area contributed by atoms with E-state index < -0.39 is 0 Å². The summed E-state index contributed by atoms with van der Waals surface area (Å²) in [4.78, 5) is 28.7. The summed E-state index contributed by atoms with van der Waals surface area (Å²) in [6, 6.07) is 13.5. The lowest BCUT2D eigenvalue weighted by Crippen LogP contribution is -2.31. The van der Waals surface area contributed by atoms with Gasteiger partial charge in [-0.25, -0.2) is 5.43 Å². The quantitative estimate of drug-likeness (QED) is 0.176. The summed E-state index contributed by atoms with van der Waals surface area (Å²) in [5.41, 5.74) is 8.77. The Kier molecular flexibility index (Phi) is 10.6. The van der Waals surface area contributed by atoms with E-state index in [-0.39, 0.29) is 11.8 Å². The Labute approximate surface area is 224 Å². The van der Waals surface area contributed by atoms with Crippen LogP contribution in [-0.4, -0.2) is 49.1 Å². The number of likely N-dealkylation sites (N-methyl/N-ethyl adjacent to an activating group) is 1. The van der Waals surface area contributed by atoms with Crippen molar-refractivity contribution in [2.24, 2.45) is 5.10 Å². The Balaban J connectivity index is 1.61. The summed E-state index contributed by atoms with van der Waals surface area (Å²) < 4.78 is 0. The number of carbonyl (C=O) groups is 2. The number of hydrogen-bond donors (Lipinski definition) is 3. The lowest BCUT2D eigenvalue weighted by atomic mass is 10.1. The molecule has 7 nitrogen and oxygen atoms in total. The highest BCUT2D eigenvalue weighted by Gasteiger charge is 2.19. The van der Waals surface area contributed by atoms with Crippen molar-refractivity contribution in [1.29, 1.82) is 0 Å². The van der Waals surface area contributed by atoms with Crippen molar-refractivity contribution in [1.82, 2.24) is 15.6 Å². The fourth-order valence-electron chi connectivity index (χ4n) is 3.85. The third kappa shape index (κ3) is 8.08. The molecule has 0 saturated heterocycles. The standard InChI is InChI=1S/C29H37N5O2S/c1-6-34(7-2)14-13-30-17-23-9-8-10-25(16-23)28(35)32-26-22(5)19-37-27(26)29(36)33-31-18-24-12-11-20(3)21(4)15-24/h8-12,15-16,18-19,30H,6-7,13-14,17H2,1-5H3,(H,32,35)(H,33,36)/b31-18+.